The van der Waals surface area contributed by atoms with Gasteiger partial charge in [-0.25, -0.2) is 0 Å². The first-order valence-electron chi connectivity index (χ1n) is 12.7. The highest BCUT2D eigenvalue weighted by atomic mass is 32.2. The molecule has 0 aromatic carbocycles. The number of primary amides is 1. The average Bonchev–Trinajstić information content (AvgIpc) is 3.03. The number of nitrogens with two attached hydrogens (primary N) is 1. The molecule has 8 heteroatoms. The normalized spacial score (nSPS) is 27.3. The van der Waals surface area contributed by atoms with Crippen molar-refractivity contribution in [1.29, 1.82) is 0 Å². The van der Waals surface area contributed by atoms with Crippen molar-refractivity contribution in [3.63, 3.8) is 0 Å². The van der Waals surface area contributed by atoms with Gasteiger partial charge in [0, 0.05) is 11.3 Å². The molecule has 3 atom stereocenters. The summed E-state index contributed by atoms with van der Waals surface area (Å²) in [6.07, 6.45) is 11.5. The average molecular weight is 478 g/mol. The minimum atomic E-state index is -0.632. The van der Waals surface area contributed by atoms with Gasteiger partial charge in [-0.15, -0.1) is 11.8 Å². The Kier molecular flexibility index (Phi) is 7.61. The first-order valence-corrected chi connectivity index (χ1v) is 13.6. The molecule has 0 radical (unpaired) electrons. The Morgan fingerprint density at radius 1 is 1.15 bits per heavy atom. The molecule has 7 nitrogen and oxygen atoms in total. The van der Waals surface area contributed by atoms with Gasteiger partial charge in [0.1, 0.15) is 11.5 Å². The topological polar surface area (TPSA) is 107 Å². The zero-order valence-electron chi connectivity index (χ0n) is 20.2. The summed E-state index contributed by atoms with van der Waals surface area (Å²) in [6.45, 7) is 6.39. The molecule has 3 aliphatic carbocycles. The zero-order valence-corrected chi connectivity index (χ0v) is 21.0. The number of fused-ring (bicyclic) bond motifs is 2. The van der Waals surface area contributed by atoms with E-state index >= 15 is 0 Å². The standard InChI is InChI=1S/C25H39N3O4S/c1-15(2)33-21-20(32-28-23(21)31-14-25(24(26)30)9-6-10-25)22(29)27-16(3)19-12-17-7-4-5-8-18(11-17)13-19/h15-19H,4-14H2,1-3H3,(H2,26,30)(H,27,29). The van der Waals surface area contributed by atoms with E-state index in [4.69, 9.17) is 15.0 Å². The number of hydrogen-bond acceptors (Lipinski definition) is 6. The van der Waals surface area contributed by atoms with Crippen LogP contribution >= 0.6 is 11.8 Å². The van der Waals surface area contributed by atoms with Crippen molar-refractivity contribution in [3.8, 4) is 5.88 Å². The lowest BCUT2D eigenvalue weighted by Crippen LogP contribution is -2.47. The predicted octanol–water partition coefficient (Wildman–Crippen LogP) is 4.93. The third kappa shape index (κ3) is 5.52. The summed E-state index contributed by atoms with van der Waals surface area (Å²) in [7, 11) is 0. The summed E-state index contributed by atoms with van der Waals surface area (Å²) in [5.41, 5.74) is 4.97. The van der Waals surface area contributed by atoms with Crippen LogP contribution in [0.2, 0.25) is 0 Å². The number of amides is 2. The molecular formula is C25H39N3O4S. The molecule has 3 fully saturated rings. The number of thioether (sulfide) groups is 1. The van der Waals surface area contributed by atoms with Gasteiger partial charge in [0.05, 0.1) is 5.41 Å². The molecule has 4 rings (SSSR count). The van der Waals surface area contributed by atoms with Gasteiger partial charge in [-0.3, -0.25) is 9.59 Å². The highest BCUT2D eigenvalue weighted by Gasteiger charge is 2.44. The number of nitrogens with one attached hydrogen (secondary N) is 1. The fourth-order valence-corrected chi connectivity index (χ4v) is 6.77. The fourth-order valence-electron chi connectivity index (χ4n) is 5.87. The first-order chi connectivity index (χ1) is 15.8. The van der Waals surface area contributed by atoms with Gasteiger partial charge >= 0.3 is 0 Å². The van der Waals surface area contributed by atoms with Crippen LogP contribution in [0.5, 0.6) is 5.88 Å². The van der Waals surface area contributed by atoms with Crippen LogP contribution in [-0.2, 0) is 4.79 Å². The van der Waals surface area contributed by atoms with Crippen molar-refractivity contribution >= 4 is 23.6 Å². The summed E-state index contributed by atoms with van der Waals surface area (Å²) in [5, 5.41) is 7.47. The molecule has 3 unspecified atom stereocenters. The molecule has 1 aromatic heterocycles. The van der Waals surface area contributed by atoms with Crippen LogP contribution in [0.3, 0.4) is 0 Å². The number of carbonyl (C=O) groups is 2. The number of ether oxygens (including phenoxy) is 1. The van der Waals surface area contributed by atoms with E-state index in [1.165, 1.54) is 56.7 Å². The van der Waals surface area contributed by atoms with Crippen LogP contribution in [-0.4, -0.2) is 34.9 Å². The van der Waals surface area contributed by atoms with Gasteiger partial charge in [0.25, 0.3) is 11.8 Å². The smallest absolute Gasteiger partial charge is 0.291 e. The van der Waals surface area contributed by atoms with Crippen LogP contribution in [0.15, 0.2) is 9.42 Å². The van der Waals surface area contributed by atoms with Crippen molar-refractivity contribution in [2.75, 3.05) is 6.61 Å². The second kappa shape index (κ2) is 10.3. The third-order valence-electron chi connectivity index (χ3n) is 7.98. The highest BCUT2D eigenvalue weighted by Crippen LogP contribution is 2.44. The van der Waals surface area contributed by atoms with Crippen molar-refractivity contribution in [1.82, 2.24) is 10.5 Å². The maximum Gasteiger partial charge on any atom is 0.291 e. The summed E-state index contributed by atoms with van der Waals surface area (Å²) in [4.78, 5) is 25.7. The largest absolute Gasteiger partial charge is 0.474 e. The van der Waals surface area contributed by atoms with E-state index in [-0.39, 0.29) is 41.4 Å². The number of nitrogens with zero attached hydrogens (tertiary/aromatic N) is 1. The van der Waals surface area contributed by atoms with E-state index in [0.29, 0.717) is 10.8 Å². The first kappa shape index (κ1) is 24.4. The molecular weight excluding hydrogens is 438 g/mol. The van der Waals surface area contributed by atoms with E-state index in [0.717, 1.165) is 31.1 Å². The Hall–Kier alpha value is -1.70. The van der Waals surface area contributed by atoms with Crippen LogP contribution in [0.1, 0.15) is 95.5 Å². The second-order valence-electron chi connectivity index (χ2n) is 10.8. The highest BCUT2D eigenvalue weighted by molar-refractivity contribution is 8.00. The summed E-state index contributed by atoms with van der Waals surface area (Å²) < 4.78 is 11.4. The number of aromatic nitrogens is 1. The molecule has 3 saturated carbocycles. The molecule has 1 aromatic rings. The van der Waals surface area contributed by atoms with Crippen LogP contribution in [0.4, 0.5) is 0 Å². The number of hydrogen-bond donors (Lipinski definition) is 2. The Bertz CT molecular complexity index is 837. The lowest BCUT2D eigenvalue weighted by atomic mass is 9.69. The molecule has 1 heterocycles. The fraction of sp³-hybridized carbons (Fsp3) is 0.800. The summed E-state index contributed by atoms with van der Waals surface area (Å²) >= 11 is 1.49. The molecule has 3 aliphatic rings. The van der Waals surface area contributed by atoms with Gasteiger partial charge < -0.3 is 20.3 Å². The molecule has 184 valence electrons. The lowest BCUT2D eigenvalue weighted by molar-refractivity contribution is -0.135. The lowest BCUT2D eigenvalue weighted by Gasteiger charge is -2.37. The summed E-state index contributed by atoms with van der Waals surface area (Å²) in [5.74, 6) is 2.01. The van der Waals surface area contributed by atoms with Gasteiger partial charge in [0.15, 0.2) is 0 Å². The minimum absolute atomic E-state index is 0.0837. The Morgan fingerprint density at radius 2 is 1.82 bits per heavy atom. The quantitative estimate of drug-likeness (QED) is 0.488. The van der Waals surface area contributed by atoms with Crippen molar-refractivity contribution in [2.45, 2.75) is 101 Å². The molecule has 3 N–H and O–H groups in total. The van der Waals surface area contributed by atoms with Crippen molar-refractivity contribution in [3.05, 3.63) is 5.76 Å². The maximum absolute atomic E-state index is 13.2. The van der Waals surface area contributed by atoms with E-state index in [1.807, 2.05) is 13.8 Å². The van der Waals surface area contributed by atoms with Crippen LogP contribution in [0.25, 0.3) is 0 Å². The third-order valence-corrected chi connectivity index (χ3v) is 9.05. The minimum Gasteiger partial charge on any atom is -0.474 e. The van der Waals surface area contributed by atoms with Gasteiger partial charge in [-0.05, 0) is 61.9 Å². The van der Waals surface area contributed by atoms with Crippen molar-refractivity contribution < 1.29 is 18.8 Å². The van der Waals surface area contributed by atoms with Crippen LogP contribution in [0, 0.1) is 23.2 Å². The zero-order chi connectivity index (χ0) is 23.6. The molecule has 0 spiro atoms. The van der Waals surface area contributed by atoms with E-state index in [9.17, 15) is 9.59 Å². The van der Waals surface area contributed by atoms with E-state index in [2.05, 4.69) is 17.4 Å². The Morgan fingerprint density at radius 3 is 2.36 bits per heavy atom. The molecule has 2 amide bonds. The Labute approximate surface area is 201 Å². The van der Waals surface area contributed by atoms with Gasteiger partial charge in [-0.1, -0.05) is 46.0 Å². The van der Waals surface area contributed by atoms with Gasteiger partial charge in [-0.2, -0.15) is 0 Å². The van der Waals surface area contributed by atoms with Crippen molar-refractivity contribution in [2.24, 2.45) is 28.9 Å². The number of carbonyl (C=O) groups excluding carboxylic acids is 2. The Balaban J connectivity index is 1.43. The molecule has 2 bridgehead atoms. The van der Waals surface area contributed by atoms with E-state index < -0.39 is 5.41 Å². The SMILES string of the molecule is CC(C)Sc1c(OCC2(C(N)=O)CCC2)noc1C(=O)NC(C)C1CC2CCCCC(C2)C1. The molecule has 33 heavy (non-hydrogen) atoms. The molecule has 0 saturated heterocycles. The van der Waals surface area contributed by atoms with E-state index in [1.54, 1.807) is 0 Å². The summed E-state index contributed by atoms with van der Waals surface area (Å²) in [6, 6.07) is 0.0837. The number of rotatable bonds is 9. The predicted molar refractivity (Wildman–Crippen MR) is 128 cm³/mol. The second-order valence-corrected chi connectivity index (χ2v) is 12.4. The monoisotopic (exact) mass is 477 g/mol. The van der Waals surface area contributed by atoms with Crippen LogP contribution < -0.4 is 15.8 Å². The molecule has 0 aliphatic heterocycles. The van der Waals surface area contributed by atoms with Gasteiger partial charge in [0.2, 0.25) is 11.7 Å². The maximum atomic E-state index is 13.2.